The summed E-state index contributed by atoms with van der Waals surface area (Å²) in [5.41, 5.74) is 3.99. The van der Waals surface area contributed by atoms with Gasteiger partial charge in [-0.1, -0.05) is 17.7 Å². The third kappa shape index (κ3) is 6.01. The average molecular weight is 477 g/mol. The van der Waals surface area contributed by atoms with Crippen LogP contribution in [0.2, 0.25) is 0 Å². The highest BCUT2D eigenvalue weighted by molar-refractivity contribution is 7.89. The summed E-state index contributed by atoms with van der Waals surface area (Å²) in [5, 5.41) is 15.9. The number of hydrogen-bond acceptors (Lipinski definition) is 7. The molecule has 1 aliphatic rings. The van der Waals surface area contributed by atoms with Crippen LogP contribution in [0.3, 0.4) is 0 Å². The number of ether oxygens (including phenoxy) is 2. The number of rotatable bonds is 8. The summed E-state index contributed by atoms with van der Waals surface area (Å²) < 4.78 is 37.1. The summed E-state index contributed by atoms with van der Waals surface area (Å²) in [6.45, 7) is 3.78. The van der Waals surface area contributed by atoms with Crippen LogP contribution in [0, 0.1) is 6.92 Å². The van der Waals surface area contributed by atoms with Gasteiger partial charge in [-0.2, -0.15) is 9.41 Å². The van der Waals surface area contributed by atoms with Crippen LogP contribution >= 0.6 is 0 Å². The molecule has 3 rings (SSSR count). The molecule has 0 atom stereocenters. The maximum atomic E-state index is 12.8. The van der Waals surface area contributed by atoms with Gasteiger partial charge in [-0.05, 0) is 36.9 Å². The Balaban J connectivity index is 1.51. The minimum Gasteiger partial charge on any atom is -0.867 e. The van der Waals surface area contributed by atoms with Crippen LogP contribution < -0.4 is 24.9 Å². The molecule has 10 nitrogen and oxygen atoms in total. The number of aryl methyl sites for hydroxylation is 1. The SMILES string of the molecule is COc1cc(/C=N/NC(=O)C[NH+]2CCN(S(=O)(=O)c3ccc(C)cc3)CC2)cc(OC)c1[O-]. The van der Waals surface area contributed by atoms with Crippen LogP contribution in [0.15, 0.2) is 46.4 Å². The summed E-state index contributed by atoms with van der Waals surface area (Å²) in [7, 11) is -0.772. The van der Waals surface area contributed by atoms with Crippen molar-refractivity contribution in [1.29, 1.82) is 0 Å². The molecule has 2 N–H and O–H groups in total. The summed E-state index contributed by atoms with van der Waals surface area (Å²) >= 11 is 0. The number of methoxy groups -OCH3 is 2. The Kier molecular flexibility index (Phi) is 7.90. The lowest BCUT2D eigenvalue weighted by atomic mass is 10.2. The van der Waals surface area contributed by atoms with Crippen molar-refractivity contribution in [3.8, 4) is 17.2 Å². The number of carbonyl (C=O) groups is 1. The van der Waals surface area contributed by atoms with Crippen LogP contribution in [0.1, 0.15) is 11.1 Å². The van der Waals surface area contributed by atoms with Gasteiger partial charge in [0.05, 0.1) is 51.5 Å². The molecule has 178 valence electrons. The Labute approximate surface area is 193 Å². The molecule has 0 aliphatic carbocycles. The molecule has 1 fully saturated rings. The summed E-state index contributed by atoms with van der Waals surface area (Å²) in [5.74, 6) is -0.432. The molecule has 0 aromatic heterocycles. The monoisotopic (exact) mass is 476 g/mol. The van der Waals surface area contributed by atoms with Gasteiger partial charge in [0.15, 0.2) is 6.54 Å². The number of carbonyl (C=O) groups excluding carboxylic acids is 1. The molecule has 1 saturated heterocycles. The maximum absolute atomic E-state index is 12.8. The van der Waals surface area contributed by atoms with Crippen molar-refractivity contribution in [1.82, 2.24) is 9.73 Å². The van der Waals surface area contributed by atoms with Gasteiger partial charge in [0.1, 0.15) is 11.5 Å². The van der Waals surface area contributed by atoms with E-state index in [0.29, 0.717) is 31.7 Å². The van der Waals surface area contributed by atoms with Crippen molar-refractivity contribution in [2.75, 3.05) is 46.9 Å². The predicted molar refractivity (Wildman–Crippen MR) is 120 cm³/mol. The highest BCUT2D eigenvalue weighted by Crippen LogP contribution is 2.34. The summed E-state index contributed by atoms with van der Waals surface area (Å²) in [4.78, 5) is 13.5. The zero-order valence-electron chi connectivity index (χ0n) is 18.8. The predicted octanol–water partition coefficient (Wildman–Crippen LogP) is -0.875. The first-order chi connectivity index (χ1) is 15.7. The van der Waals surface area contributed by atoms with Gasteiger partial charge in [0, 0.05) is 5.56 Å². The number of sulfonamides is 1. The number of benzene rings is 2. The Bertz CT molecular complexity index is 1090. The highest BCUT2D eigenvalue weighted by atomic mass is 32.2. The quantitative estimate of drug-likeness (QED) is 0.377. The second kappa shape index (κ2) is 10.6. The number of hydrogen-bond donors (Lipinski definition) is 2. The lowest BCUT2D eigenvalue weighted by Gasteiger charge is -2.31. The van der Waals surface area contributed by atoms with E-state index in [1.54, 1.807) is 24.3 Å². The standard InChI is InChI=1S/C22H28N4O6S/c1-16-4-6-18(7-5-16)33(29,30)26-10-8-25(9-11-26)15-21(27)24-23-14-17-12-19(31-2)22(28)20(13-17)32-3/h4-7,12-14,28H,8-11,15H2,1-3H3,(H,24,27)/b23-14+. The lowest BCUT2D eigenvalue weighted by molar-refractivity contribution is -0.895. The molecule has 0 unspecified atom stereocenters. The lowest BCUT2D eigenvalue weighted by Crippen LogP contribution is -3.15. The average Bonchev–Trinajstić information content (AvgIpc) is 2.80. The molecule has 2 aromatic rings. The first kappa shape index (κ1) is 24.5. The first-order valence-electron chi connectivity index (χ1n) is 10.4. The van der Waals surface area contributed by atoms with E-state index in [0.717, 1.165) is 10.5 Å². The molecule has 1 aliphatic heterocycles. The van der Waals surface area contributed by atoms with Gasteiger partial charge in [-0.3, -0.25) is 4.79 Å². The Morgan fingerprint density at radius 1 is 1.15 bits per heavy atom. The van der Waals surface area contributed by atoms with E-state index < -0.39 is 10.0 Å². The van der Waals surface area contributed by atoms with Crippen molar-refractivity contribution in [3.63, 3.8) is 0 Å². The van der Waals surface area contributed by atoms with Crippen LogP contribution in [-0.2, 0) is 14.8 Å². The summed E-state index contributed by atoms with van der Waals surface area (Å²) in [6, 6.07) is 9.79. The number of amides is 1. The van der Waals surface area contributed by atoms with E-state index in [4.69, 9.17) is 9.47 Å². The molecule has 0 spiro atoms. The molecule has 2 aromatic carbocycles. The summed E-state index contributed by atoms with van der Waals surface area (Å²) in [6.07, 6.45) is 1.39. The maximum Gasteiger partial charge on any atom is 0.295 e. The minimum atomic E-state index is -3.54. The molecule has 0 bridgehead atoms. The topological polar surface area (TPSA) is 125 Å². The van der Waals surface area contributed by atoms with E-state index in [1.807, 2.05) is 6.92 Å². The number of nitrogens with one attached hydrogen (secondary N) is 2. The Morgan fingerprint density at radius 2 is 1.73 bits per heavy atom. The van der Waals surface area contributed by atoms with E-state index in [-0.39, 0.29) is 34.6 Å². The first-order valence-corrected chi connectivity index (χ1v) is 11.8. The van der Waals surface area contributed by atoms with Crippen molar-refractivity contribution in [3.05, 3.63) is 47.5 Å². The van der Waals surface area contributed by atoms with Crippen LogP contribution in [0.25, 0.3) is 0 Å². The van der Waals surface area contributed by atoms with E-state index >= 15 is 0 Å². The molecule has 33 heavy (non-hydrogen) atoms. The molecular weight excluding hydrogens is 448 g/mol. The van der Waals surface area contributed by atoms with Gasteiger partial charge < -0.3 is 19.5 Å². The third-order valence-electron chi connectivity index (χ3n) is 5.38. The normalized spacial score (nSPS) is 15.5. The smallest absolute Gasteiger partial charge is 0.295 e. The zero-order valence-corrected chi connectivity index (χ0v) is 19.6. The van der Waals surface area contributed by atoms with Gasteiger partial charge in [-0.15, -0.1) is 0 Å². The van der Waals surface area contributed by atoms with Crippen LogP contribution in [0.4, 0.5) is 0 Å². The molecular formula is C22H28N4O6S. The molecule has 0 saturated carbocycles. The number of piperazine rings is 1. The molecule has 0 radical (unpaired) electrons. The van der Waals surface area contributed by atoms with Crippen molar-refractivity contribution in [2.24, 2.45) is 5.10 Å². The Hall–Kier alpha value is -3.15. The molecule has 11 heteroatoms. The highest BCUT2D eigenvalue weighted by Gasteiger charge is 2.31. The fourth-order valence-electron chi connectivity index (χ4n) is 3.50. The van der Waals surface area contributed by atoms with Gasteiger partial charge in [-0.25, -0.2) is 13.8 Å². The van der Waals surface area contributed by atoms with Gasteiger partial charge in [0.2, 0.25) is 10.0 Å². The number of quaternary nitrogens is 1. The zero-order chi connectivity index (χ0) is 24.0. The van der Waals surface area contributed by atoms with Gasteiger partial charge >= 0.3 is 0 Å². The third-order valence-corrected chi connectivity index (χ3v) is 7.30. The largest absolute Gasteiger partial charge is 0.867 e. The Morgan fingerprint density at radius 3 is 2.27 bits per heavy atom. The number of nitrogens with zero attached hydrogens (tertiary/aromatic N) is 2. The fourth-order valence-corrected chi connectivity index (χ4v) is 4.94. The van der Waals surface area contributed by atoms with Crippen molar-refractivity contribution < 1.29 is 32.7 Å². The number of hydrazone groups is 1. The fraction of sp³-hybridized carbons (Fsp3) is 0.364. The van der Waals surface area contributed by atoms with Crippen LogP contribution in [-0.4, -0.2) is 71.8 Å². The van der Waals surface area contributed by atoms with Crippen LogP contribution in [0.5, 0.6) is 17.2 Å². The molecule has 1 heterocycles. The van der Waals surface area contributed by atoms with E-state index in [9.17, 15) is 18.3 Å². The second-order valence-electron chi connectivity index (χ2n) is 7.69. The minimum absolute atomic E-state index is 0.116. The van der Waals surface area contributed by atoms with E-state index in [1.165, 1.54) is 36.9 Å². The second-order valence-corrected chi connectivity index (χ2v) is 9.63. The van der Waals surface area contributed by atoms with Gasteiger partial charge in [0.25, 0.3) is 5.91 Å². The van der Waals surface area contributed by atoms with Crippen molar-refractivity contribution in [2.45, 2.75) is 11.8 Å². The molecule has 1 amide bonds. The van der Waals surface area contributed by atoms with E-state index in [2.05, 4.69) is 10.5 Å². The van der Waals surface area contributed by atoms with Crippen molar-refractivity contribution >= 4 is 22.1 Å².